The van der Waals surface area contributed by atoms with E-state index in [1.165, 1.54) is 0 Å². The minimum absolute atomic E-state index is 0.0901. The van der Waals surface area contributed by atoms with Crippen molar-refractivity contribution in [3.05, 3.63) is 60.2 Å². The summed E-state index contributed by atoms with van der Waals surface area (Å²) in [5, 5.41) is 12.0. The lowest BCUT2D eigenvalue weighted by Gasteiger charge is -2.36. The van der Waals surface area contributed by atoms with Gasteiger partial charge in [-0.3, -0.25) is 4.79 Å². The highest BCUT2D eigenvalue weighted by atomic mass is 16.5. The van der Waals surface area contributed by atoms with Crippen LogP contribution in [0.15, 0.2) is 58.9 Å². The lowest BCUT2D eigenvalue weighted by Crippen LogP contribution is -2.44. The van der Waals surface area contributed by atoms with E-state index in [2.05, 4.69) is 10.2 Å². The number of amides is 1. The lowest BCUT2D eigenvalue weighted by molar-refractivity contribution is -0.117. The molecule has 1 aromatic heterocycles. The van der Waals surface area contributed by atoms with E-state index in [4.69, 9.17) is 9.15 Å². The molecule has 140 valence electrons. The molecule has 2 aromatic rings. The molecule has 0 unspecified atom stereocenters. The Morgan fingerprint density at radius 2 is 2.04 bits per heavy atom. The highest BCUT2D eigenvalue weighted by molar-refractivity contribution is 5.97. The van der Waals surface area contributed by atoms with Gasteiger partial charge in [0.25, 0.3) is 5.91 Å². The first-order chi connectivity index (χ1) is 13.2. The van der Waals surface area contributed by atoms with Crippen LogP contribution in [0.3, 0.4) is 0 Å². The molecule has 0 saturated carbocycles. The van der Waals surface area contributed by atoms with E-state index in [1.807, 2.05) is 35.2 Å². The summed E-state index contributed by atoms with van der Waals surface area (Å²) in [7, 11) is 1.67. The van der Waals surface area contributed by atoms with Crippen LogP contribution in [0.25, 0.3) is 0 Å². The molecule has 7 nitrogen and oxygen atoms in total. The van der Waals surface area contributed by atoms with Crippen LogP contribution >= 0.6 is 0 Å². The van der Waals surface area contributed by atoms with Gasteiger partial charge < -0.3 is 24.3 Å². The van der Waals surface area contributed by atoms with E-state index >= 15 is 0 Å². The van der Waals surface area contributed by atoms with Crippen LogP contribution in [-0.4, -0.2) is 44.1 Å². The van der Waals surface area contributed by atoms with Gasteiger partial charge in [-0.15, -0.1) is 0 Å². The van der Waals surface area contributed by atoms with Crippen LogP contribution in [-0.2, 0) is 11.3 Å². The fraction of sp³-hybridized carbons (Fsp3) is 0.300. The average Bonchev–Trinajstić information content (AvgIpc) is 3.24. The first-order valence-corrected chi connectivity index (χ1v) is 8.76. The molecule has 1 fully saturated rings. The minimum Gasteiger partial charge on any atom is -0.495 e. The number of benzene rings is 1. The molecule has 0 bridgehead atoms. The summed E-state index contributed by atoms with van der Waals surface area (Å²) < 4.78 is 10.6. The van der Waals surface area contributed by atoms with Crippen molar-refractivity contribution < 1.29 is 13.9 Å². The Labute approximate surface area is 158 Å². The molecule has 1 aromatic carbocycles. The van der Waals surface area contributed by atoms with Crippen molar-refractivity contribution in [3.63, 3.8) is 0 Å². The van der Waals surface area contributed by atoms with Crippen LogP contribution in [0.5, 0.6) is 5.75 Å². The molecule has 2 heterocycles. The maximum atomic E-state index is 12.2. The van der Waals surface area contributed by atoms with E-state index in [-0.39, 0.29) is 12.1 Å². The van der Waals surface area contributed by atoms with Gasteiger partial charge in [-0.2, -0.15) is 5.26 Å². The van der Waals surface area contributed by atoms with E-state index in [0.29, 0.717) is 18.8 Å². The highest BCUT2D eigenvalue weighted by Crippen LogP contribution is 2.28. The third-order valence-corrected chi connectivity index (χ3v) is 4.42. The van der Waals surface area contributed by atoms with Crippen LogP contribution < -0.4 is 15.0 Å². The lowest BCUT2D eigenvalue weighted by atomic mass is 10.2. The predicted octanol–water partition coefficient (Wildman–Crippen LogP) is 2.13. The molecule has 1 saturated heterocycles. The number of nitrogens with zero attached hydrogens (tertiary/aromatic N) is 3. The Bertz CT molecular complexity index is 831. The second kappa shape index (κ2) is 8.81. The minimum atomic E-state index is -0.402. The van der Waals surface area contributed by atoms with Crippen LogP contribution in [0.4, 0.5) is 5.69 Å². The van der Waals surface area contributed by atoms with Crippen molar-refractivity contribution in [1.29, 1.82) is 5.26 Å². The summed E-state index contributed by atoms with van der Waals surface area (Å²) in [6.07, 6.45) is 3.18. The SMILES string of the molecule is COc1ccccc1N1CCN(/C=C(/C#N)C(=O)NCc2ccco2)CC1. The second-order valence-corrected chi connectivity index (χ2v) is 6.11. The normalized spacial score (nSPS) is 14.6. The van der Waals surface area contributed by atoms with Gasteiger partial charge >= 0.3 is 0 Å². The Kier molecular flexibility index (Phi) is 6.00. The van der Waals surface area contributed by atoms with Gasteiger partial charge in [0.15, 0.2) is 0 Å². The van der Waals surface area contributed by atoms with Crippen LogP contribution in [0.2, 0.25) is 0 Å². The number of hydrogen-bond donors (Lipinski definition) is 1. The fourth-order valence-electron chi connectivity index (χ4n) is 2.98. The number of nitriles is 1. The van der Waals surface area contributed by atoms with Gasteiger partial charge in [-0.1, -0.05) is 12.1 Å². The molecular weight excluding hydrogens is 344 g/mol. The molecule has 1 aliphatic rings. The first kappa shape index (κ1) is 18.4. The molecule has 7 heteroatoms. The van der Waals surface area contributed by atoms with Gasteiger partial charge in [0, 0.05) is 32.4 Å². The number of nitrogens with one attached hydrogen (secondary N) is 1. The van der Waals surface area contributed by atoms with Crippen molar-refractivity contribution in [3.8, 4) is 11.8 Å². The number of furan rings is 1. The monoisotopic (exact) mass is 366 g/mol. The van der Waals surface area contributed by atoms with Crippen molar-refractivity contribution in [2.24, 2.45) is 0 Å². The number of methoxy groups -OCH3 is 1. The molecule has 1 N–H and O–H groups in total. The maximum Gasteiger partial charge on any atom is 0.263 e. The third-order valence-electron chi connectivity index (χ3n) is 4.42. The zero-order chi connectivity index (χ0) is 19.1. The summed E-state index contributed by atoms with van der Waals surface area (Å²) in [4.78, 5) is 16.5. The van der Waals surface area contributed by atoms with Crippen LogP contribution in [0.1, 0.15) is 5.76 Å². The Morgan fingerprint density at radius 3 is 2.70 bits per heavy atom. The Balaban J connectivity index is 1.57. The number of anilines is 1. The Morgan fingerprint density at radius 1 is 1.26 bits per heavy atom. The molecular formula is C20H22N4O3. The number of carbonyl (C=O) groups excluding carboxylic acids is 1. The van der Waals surface area contributed by atoms with Gasteiger partial charge in [-0.05, 0) is 24.3 Å². The summed E-state index contributed by atoms with van der Waals surface area (Å²) in [6, 6.07) is 13.4. The number of hydrogen-bond acceptors (Lipinski definition) is 6. The van der Waals surface area contributed by atoms with Crippen molar-refractivity contribution >= 4 is 11.6 Å². The molecule has 0 aliphatic carbocycles. The maximum absolute atomic E-state index is 12.2. The second-order valence-electron chi connectivity index (χ2n) is 6.11. The fourth-order valence-corrected chi connectivity index (χ4v) is 2.98. The van der Waals surface area contributed by atoms with Gasteiger partial charge in [-0.25, -0.2) is 0 Å². The molecule has 1 aliphatic heterocycles. The quantitative estimate of drug-likeness (QED) is 0.623. The molecule has 3 rings (SSSR count). The highest BCUT2D eigenvalue weighted by Gasteiger charge is 2.19. The van der Waals surface area contributed by atoms with Gasteiger partial charge in [0.2, 0.25) is 0 Å². The number of piperazine rings is 1. The number of ether oxygens (including phenoxy) is 1. The molecule has 0 atom stereocenters. The third kappa shape index (κ3) is 4.61. The summed E-state index contributed by atoms with van der Waals surface area (Å²) >= 11 is 0. The number of para-hydroxylation sites is 2. The average molecular weight is 366 g/mol. The molecule has 27 heavy (non-hydrogen) atoms. The summed E-state index contributed by atoms with van der Waals surface area (Å²) in [5.41, 5.74) is 1.15. The van der Waals surface area contributed by atoms with E-state index < -0.39 is 5.91 Å². The Hall–Kier alpha value is -3.40. The largest absolute Gasteiger partial charge is 0.495 e. The van der Waals surface area contributed by atoms with E-state index in [1.54, 1.807) is 31.7 Å². The first-order valence-electron chi connectivity index (χ1n) is 8.76. The van der Waals surface area contributed by atoms with Crippen molar-refractivity contribution in [1.82, 2.24) is 10.2 Å². The summed E-state index contributed by atoms with van der Waals surface area (Å²) in [5.74, 6) is 1.09. The topological polar surface area (TPSA) is 81.7 Å². The predicted molar refractivity (Wildman–Crippen MR) is 101 cm³/mol. The number of rotatable bonds is 6. The number of carbonyl (C=O) groups is 1. The summed E-state index contributed by atoms with van der Waals surface area (Å²) in [6.45, 7) is 3.25. The zero-order valence-electron chi connectivity index (χ0n) is 15.2. The van der Waals surface area contributed by atoms with E-state index in [9.17, 15) is 10.1 Å². The van der Waals surface area contributed by atoms with E-state index in [0.717, 1.165) is 24.5 Å². The van der Waals surface area contributed by atoms with Crippen LogP contribution in [0, 0.1) is 11.3 Å². The molecule has 0 radical (unpaired) electrons. The van der Waals surface area contributed by atoms with Gasteiger partial charge in [0.05, 0.1) is 25.6 Å². The zero-order valence-corrected chi connectivity index (χ0v) is 15.2. The molecule has 1 amide bonds. The van der Waals surface area contributed by atoms with Crippen molar-refractivity contribution in [2.75, 3.05) is 38.2 Å². The van der Waals surface area contributed by atoms with Gasteiger partial charge in [0.1, 0.15) is 23.2 Å². The molecule has 0 spiro atoms. The van der Waals surface area contributed by atoms with Crippen molar-refractivity contribution in [2.45, 2.75) is 6.54 Å². The standard InChI is InChI=1S/C20H22N4O3/c1-26-19-7-3-2-6-18(19)24-10-8-23(9-11-24)15-16(13-21)20(25)22-14-17-5-4-12-27-17/h2-7,12,15H,8-11,14H2,1H3,(H,22,25)/b16-15-. The smallest absolute Gasteiger partial charge is 0.263 e.